The van der Waals surface area contributed by atoms with Crippen molar-refractivity contribution < 1.29 is 4.52 Å². The maximum atomic E-state index is 5.45. The van der Waals surface area contributed by atoms with Gasteiger partial charge in [0, 0.05) is 29.6 Å². The van der Waals surface area contributed by atoms with Crippen LogP contribution in [0.1, 0.15) is 22.7 Å². The molecule has 0 amide bonds. The smallest absolute Gasteiger partial charge is 0.250 e. The molecule has 9 nitrogen and oxygen atoms in total. The van der Waals surface area contributed by atoms with Crippen LogP contribution in [0.2, 0.25) is 0 Å². The van der Waals surface area contributed by atoms with Gasteiger partial charge in [0.1, 0.15) is 6.54 Å². The zero-order valence-corrected chi connectivity index (χ0v) is 15.3. The highest BCUT2D eigenvalue weighted by atomic mass is 16.5. The molecular formula is C19H18N8O. The molecule has 4 heterocycles. The number of rotatable bonds is 4. The van der Waals surface area contributed by atoms with Crippen molar-refractivity contribution in [3.63, 3.8) is 0 Å². The second-order valence-electron chi connectivity index (χ2n) is 6.67. The first-order valence-corrected chi connectivity index (χ1v) is 9.12. The molecule has 5 rings (SSSR count). The number of nitrogens with one attached hydrogen (secondary N) is 1. The Hall–Kier alpha value is -3.46. The number of hydrogen-bond donors (Lipinski definition) is 1. The molecule has 0 unspecified atom stereocenters. The van der Waals surface area contributed by atoms with Crippen LogP contribution in [0, 0.1) is 6.92 Å². The zero-order valence-electron chi connectivity index (χ0n) is 15.3. The lowest BCUT2D eigenvalue weighted by Crippen LogP contribution is -2.24. The summed E-state index contributed by atoms with van der Waals surface area (Å²) in [7, 11) is 0. The third kappa shape index (κ3) is 3.05. The summed E-state index contributed by atoms with van der Waals surface area (Å²) in [5.41, 5.74) is 5.20. The van der Waals surface area contributed by atoms with E-state index in [-0.39, 0.29) is 6.54 Å². The van der Waals surface area contributed by atoms with E-state index in [4.69, 9.17) is 4.52 Å². The van der Waals surface area contributed by atoms with E-state index in [1.807, 2.05) is 43.5 Å². The minimum atomic E-state index is 0.260. The molecular weight excluding hydrogens is 356 g/mol. The number of pyridine rings is 1. The molecule has 4 aromatic rings. The van der Waals surface area contributed by atoms with Crippen LogP contribution in [0.4, 0.5) is 0 Å². The fraction of sp³-hybridized carbons (Fsp3) is 0.263. The Morgan fingerprint density at radius 1 is 1.18 bits per heavy atom. The van der Waals surface area contributed by atoms with E-state index >= 15 is 0 Å². The summed E-state index contributed by atoms with van der Waals surface area (Å²) < 4.78 is 5.45. The van der Waals surface area contributed by atoms with Gasteiger partial charge in [0.2, 0.25) is 11.6 Å². The third-order valence-corrected chi connectivity index (χ3v) is 4.79. The Balaban J connectivity index is 1.42. The highest BCUT2D eigenvalue weighted by Gasteiger charge is 2.21. The molecule has 1 aromatic carbocycles. The van der Waals surface area contributed by atoms with Crippen molar-refractivity contribution >= 4 is 0 Å². The maximum Gasteiger partial charge on any atom is 0.250 e. The average molecular weight is 374 g/mol. The van der Waals surface area contributed by atoms with Gasteiger partial charge in [-0.1, -0.05) is 35.5 Å². The second-order valence-corrected chi connectivity index (χ2v) is 6.67. The van der Waals surface area contributed by atoms with Crippen molar-refractivity contribution in [2.45, 2.75) is 26.4 Å². The summed E-state index contributed by atoms with van der Waals surface area (Å²) in [6, 6.07) is 9.70. The van der Waals surface area contributed by atoms with Crippen LogP contribution in [0.15, 0.2) is 41.1 Å². The van der Waals surface area contributed by atoms with Gasteiger partial charge in [0.15, 0.2) is 0 Å². The first-order chi connectivity index (χ1) is 13.8. The average Bonchev–Trinajstić information content (AvgIpc) is 3.39. The third-order valence-electron chi connectivity index (χ3n) is 4.79. The van der Waals surface area contributed by atoms with Crippen molar-refractivity contribution in [2.75, 3.05) is 6.54 Å². The van der Waals surface area contributed by atoms with Gasteiger partial charge in [-0.05, 0) is 36.2 Å². The van der Waals surface area contributed by atoms with Crippen molar-refractivity contribution in [2.24, 2.45) is 0 Å². The Kier molecular flexibility index (Phi) is 4.13. The number of tetrazole rings is 1. The van der Waals surface area contributed by atoms with Crippen LogP contribution in [0.3, 0.4) is 0 Å². The van der Waals surface area contributed by atoms with Crippen molar-refractivity contribution in [3.05, 3.63) is 59.2 Å². The Morgan fingerprint density at radius 3 is 2.96 bits per heavy atom. The van der Waals surface area contributed by atoms with E-state index in [9.17, 15) is 0 Å². The van der Waals surface area contributed by atoms with E-state index in [1.165, 1.54) is 15.9 Å². The van der Waals surface area contributed by atoms with E-state index < -0.39 is 0 Å². The number of hydrogen-bond acceptors (Lipinski definition) is 8. The van der Waals surface area contributed by atoms with Crippen LogP contribution >= 0.6 is 0 Å². The monoisotopic (exact) mass is 374 g/mol. The minimum absolute atomic E-state index is 0.260. The number of aryl methyl sites for hydroxylation is 1. The highest BCUT2D eigenvalue weighted by molar-refractivity contribution is 5.64. The van der Waals surface area contributed by atoms with E-state index in [0.717, 1.165) is 36.3 Å². The summed E-state index contributed by atoms with van der Waals surface area (Å²) in [4.78, 5) is 10.5. The fourth-order valence-corrected chi connectivity index (χ4v) is 3.42. The summed E-state index contributed by atoms with van der Waals surface area (Å²) in [6.45, 7) is 3.97. The quantitative estimate of drug-likeness (QED) is 0.576. The highest BCUT2D eigenvalue weighted by Crippen LogP contribution is 2.28. The van der Waals surface area contributed by atoms with E-state index in [2.05, 4.69) is 35.9 Å². The number of aromatic nitrogens is 7. The largest absolute Gasteiger partial charge is 0.337 e. The summed E-state index contributed by atoms with van der Waals surface area (Å²) in [5.74, 6) is 1.55. The number of nitrogens with zero attached hydrogens (tertiary/aromatic N) is 7. The fourth-order valence-electron chi connectivity index (χ4n) is 3.42. The lowest BCUT2D eigenvalue weighted by atomic mass is 9.95. The molecule has 0 bridgehead atoms. The molecule has 0 atom stereocenters. The normalized spacial score (nSPS) is 13.5. The van der Waals surface area contributed by atoms with Gasteiger partial charge >= 0.3 is 0 Å². The van der Waals surface area contributed by atoms with Gasteiger partial charge in [-0.25, -0.2) is 0 Å². The van der Waals surface area contributed by atoms with Crippen LogP contribution in [0.5, 0.6) is 0 Å². The predicted molar refractivity (Wildman–Crippen MR) is 100 cm³/mol. The molecule has 140 valence electrons. The summed E-state index contributed by atoms with van der Waals surface area (Å²) in [6.07, 6.45) is 2.84. The molecule has 1 aliphatic heterocycles. The second kappa shape index (κ2) is 6.93. The molecule has 1 N–H and O–H groups in total. The topological polar surface area (TPSA) is 107 Å². The van der Waals surface area contributed by atoms with Gasteiger partial charge < -0.3 is 9.84 Å². The molecule has 0 radical (unpaired) electrons. The van der Waals surface area contributed by atoms with Crippen molar-refractivity contribution in [1.82, 2.24) is 40.6 Å². The van der Waals surface area contributed by atoms with Gasteiger partial charge in [-0.3, -0.25) is 4.98 Å². The number of benzene rings is 1. The Morgan fingerprint density at radius 2 is 2.07 bits per heavy atom. The predicted octanol–water partition coefficient (Wildman–Crippen LogP) is 1.79. The molecule has 0 saturated heterocycles. The Labute approximate surface area is 160 Å². The molecule has 0 fully saturated rings. The summed E-state index contributed by atoms with van der Waals surface area (Å²) in [5, 5.41) is 20.1. The SMILES string of the molecule is Cc1ncc2c(c1-c1noc(Cn3nnc(-c4ccccc4)n3)n1)CCNC2. The van der Waals surface area contributed by atoms with Crippen LogP contribution in [-0.2, 0) is 19.5 Å². The molecule has 3 aromatic heterocycles. The first-order valence-electron chi connectivity index (χ1n) is 9.12. The maximum absolute atomic E-state index is 5.45. The minimum Gasteiger partial charge on any atom is -0.337 e. The molecule has 0 spiro atoms. The van der Waals surface area contributed by atoms with Gasteiger partial charge in [-0.2, -0.15) is 9.78 Å². The van der Waals surface area contributed by atoms with Gasteiger partial charge in [0.25, 0.3) is 5.89 Å². The molecule has 0 saturated carbocycles. The van der Waals surface area contributed by atoms with Gasteiger partial charge in [-0.15, -0.1) is 10.2 Å². The number of fused-ring (bicyclic) bond motifs is 1. The molecule has 28 heavy (non-hydrogen) atoms. The standard InChI is InChI=1S/C19H18N8O/c1-12-17(15-7-8-20-9-14(15)10-21-12)19-22-16(28-25-19)11-27-24-18(23-26-27)13-5-3-2-4-6-13/h2-6,10,20H,7-9,11H2,1H3. The van der Waals surface area contributed by atoms with Gasteiger partial charge in [0.05, 0.1) is 0 Å². The van der Waals surface area contributed by atoms with Crippen LogP contribution in [-0.4, -0.2) is 41.9 Å². The van der Waals surface area contributed by atoms with E-state index in [0.29, 0.717) is 17.5 Å². The lowest BCUT2D eigenvalue weighted by molar-refractivity contribution is 0.356. The Bertz CT molecular complexity index is 1120. The van der Waals surface area contributed by atoms with Crippen molar-refractivity contribution in [1.29, 1.82) is 0 Å². The zero-order chi connectivity index (χ0) is 18.9. The lowest BCUT2D eigenvalue weighted by Gasteiger charge is -2.19. The summed E-state index contributed by atoms with van der Waals surface area (Å²) >= 11 is 0. The van der Waals surface area contributed by atoms with E-state index in [1.54, 1.807) is 0 Å². The molecule has 0 aliphatic carbocycles. The molecule has 1 aliphatic rings. The van der Waals surface area contributed by atoms with Crippen LogP contribution < -0.4 is 5.32 Å². The first kappa shape index (κ1) is 16.7. The van der Waals surface area contributed by atoms with Crippen molar-refractivity contribution in [3.8, 4) is 22.8 Å². The van der Waals surface area contributed by atoms with Crippen LogP contribution in [0.25, 0.3) is 22.8 Å². The molecule has 9 heteroatoms.